The van der Waals surface area contributed by atoms with E-state index in [0.717, 1.165) is 6.42 Å². The van der Waals surface area contributed by atoms with E-state index in [1.807, 2.05) is 0 Å². The smallest absolute Gasteiger partial charge is 0.305 e. The van der Waals surface area contributed by atoms with Gasteiger partial charge in [-0.3, -0.25) is 14.0 Å². The molecular formula is C12H17N2O4S-. The van der Waals surface area contributed by atoms with E-state index in [4.69, 9.17) is 0 Å². The molecule has 0 saturated carbocycles. The van der Waals surface area contributed by atoms with Gasteiger partial charge in [0, 0.05) is 30.4 Å². The number of hydrogen-bond acceptors (Lipinski definition) is 5. The van der Waals surface area contributed by atoms with Gasteiger partial charge in [-0.25, -0.2) is 0 Å². The molecule has 1 aromatic rings. The maximum Gasteiger partial charge on any atom is 0.305 e. The van der Waals surface area contributed by atoms with Gasteiger partial charge in [0.15, 0.2) is 0 Å². The predicted octanol–water partition coefficient (Wildman–Crippen LogP) is 1.42. The van der Waals surface area contributed by atoms with Crippen molar-refractivity contribution in [3.63, 3.8) is 0 Å². The van der Waals surface area contributed by atoms with Crippen molar-refractivity contribution in [3.8, 4) is 0 Å². The molecule has 1 heterocycles. The fraction of sp³-hybridized carbons (Fsp3) is 0.500. The first-order chi connectivity index (χ1) is 9.15. The van der Waals surface area contributed by atoms with E-state index in [1.165, 1.54) is 17.6 Å². The quantitative estimate of drug-likeness (QED) is 0.410. The van der Waals surface area contributed by atoms with E-state index < -0.39 is 11.3 Å². The molecule has 0 radical (unpaired) electrons. The van der Waals surface area contributed by atoms with Crippen LogP contribution in [0.3, 0.4) is 0 Å². The lowest BCUT2D eigenvalue weighted by atomic mass is 10.2. The molecule has 0 saturated heterocycles. The molecule has 106 valence electrons. The standard InChI is InChI=1S/C12H18N2O4S/c1-18-12(15)7-3-2-4-9-14(19(16)17)11-6-5-8-13-10-11/h5-6,8,10H,2-4,7,9H2,1H3,(H,16,17)/p-1. The number of unbranched alkanes of at least 4 members (excludes halogenated alkanes) is 2. The number of aromatic nitrogens is 1. The molecule has 7 heteroatoms. The van der Waals surface area contributed by atoms with Gasteiger partial charge in [0.05, 0.1) is 19.0 Å². The summed E-state index contributed by atoms with van der Waals surface area (Å²) in [5, 5.41) is 0. The Morgan fingerprint density at radius 2 is 2.26 bits per heavy atom. The fourth-order valence-electron chi connectivity index (χ4n) is 1.59. The Labute approximate surface area is 115 Å². The second-order valence-electron chi connectivity index (χ2n) is 3.92. The van der Waals surface area contributed by atoms with Gasteiger partial charge in [-0.1, -0.05) is 6.42 Å². The zero-order valence-corrected chi connectivity index (χ0v) is 11.6. The number of carbonyl (C=O) groups excluding carboxylic acids is 1. The average molecular weight is 285 g/mol. The number of rotatable bonds is 8. The molecule has 6 nitrogen and oxygen atoms in total. The molecule has 0 amide bonds. The van der Waals surface area contributed by atoms with Crippen LogP contribution >= 0.6 is 0 Å². The van der Waals surface area contributed by atoms with E-state index >= 15 is 0 Å². The summed E-state index contributed by atoms with van der Waals surface area (Å²) in [7, 11) is 1.35. The maximum atomic E-state index is 11.1. The van der Waals surface area contributed by atoms with Gasteiger partial charge < -0.3 is 13.6 Å². The molecule has 0 fully saturated rings. The summed E-state index contributed by atoms with van der Waals surface area (Å²) in [6.45, 7) is 0.378. The van der Waals surface area contributed by atoms with E-state index in [1.54, 1.807) is 18.3 Å². The van der Waals surface area contributed by atoms with Crippen LogP contribution in [0, 0.1) is 0 Å². The molecule has 0 aliphatic carbocycles. The van der Waals surface area contributed by atoms with Crippen LogP contribution in [0.5, 0.6) is 0 Å². The van der Waals surface area contributed by atoms with Crippen LogP contribution in [0.4, 0.5) is 5.69 Å². The molecule has 0 aliphatic heterocycles. The highest BCUT2D eigenvalue weighted by atomic mass is 32.2. The van der Waals surface area contributed by atoms with Crippen molar-refractivity contribution in [1.82, 2.24) is 4.98 Å². The number of methoxy groups -OCH3 is 1. The molecule has 1 unspecified atom stereocenters. The van der Waals surface area contributed by atoms with Crippen LogP contribution in [0.1, 0.15) is 25.7 Å². The highest BCUT2D eigenvalue weighted by molar-refractivity contribution is 7.80. The maximum absolute atomic E-state index is 11.1. The number of carbonyl (C=O) groups is 1. The average Bonchev–Trinajstić information content (AvgIpc) is 2.42. The van der Waals surface area contributed by atoms with Gasteiger partial charge in [-0.2, -0.15) is 0 Å². The Hall–Kier alpha value is -1.47. The Morgan fingerprint density at radius 3 is 2.84 bits per heavy atom. The second-order valence-corrected chi connectivity index (χ2v) is 4.79. The minimum absolute atomic E-state index is 0.239. The zero-order chi connectivity index (χ0) is 14.1. The third kappa shape index (κ3) is 5.80. The third-order valence-corrected chi connectivity index (χ3v) is 3.34. The van der Waals surface area contributed by atoms with Gasteiger partial charge in [0.2, 0.25) is 0 Å². The molecule has 0 aliphatic rings. The topological polar surface area (TPSA) is 82.6 Å². The number of ether oxygens (including phenoxy) is 1. The van der Waals surface area contributed by atoms with Crippen LogP contribution in [-0.4, -0.2) is 33.4 Å². The fourth-order valence-corrected chi connectivity index (χ4v) is 2.15. The third-order valence-electron chi connectivity index (χ3n) is 2.58. The molecular weight excluding hydrogens is 268 g/mol. The summed E-state index contributed by atoms with van der Waals surface area (Å²) in [5.41, 5.74) is 0.545. The van der Waals surface area contributed by atoms with Gasteiger partial charge >= 0.3 is 5.97 Å². The van der Waals surface area contributed by atoms with E-state index in [2.05, 4.69) is 9.72 Å². The zero-order valence-electron chi connectivity index (χ0n) is 10.8. The first-order valence-electron chi connectivity index (χ1n) is 5.99. The first-order valence-corrected chi connectivity index (χ1v) is 7.02. The molecule has 19 heavy (non-hydrogen) atoms. The van der Waals surface area contributed by atoms with Gasteiger partial charge in [0.25, 0.3) is 0 Å². The lowest BCUT2D eigenvalue weighted by Crippen LogP contribution is -2.26. The SMILES string of the molecule is COC(=O)CCCCCN(c1cccnc1)S(=O)[O-]. The molecule has 1 aromatic heterocycles. The number of nitrogens with zero attached hydrogens (tertiary/aromatic N) is 2. The molecule has 0 spiro atoms. The largest absolute Gasteiger partial charge is 0.755 e. The molecule has 0 N–H and O–H groups in total. The van der Waals surface area contributed by atoms with Crippen molar-refractivity contribution in [1.29, 1.82) is 0 Å². The lowest BCUT2D eigenvalue weighted by Gasteiger charge is -2.25. The Bertz CT molecular complexity index is 413. The van der Waals surface area contributed by atoms with Gasteiger partial charge in [-0.05, 0) is 25.0 Å². The highest BCUT2D eigenvalue weighted by Gasteiger charge is 2.07. The predicted molar refractivity (Wildman–Crippen MR) is 71.0 cm³/mol. The first kappa shape index (κ1) is 15.6. The molecule has 0 aromatic carbocycles. The summed E-state index contributed by atoms with van der Waals surface area (Å²) in [6, 6.07) is 3.38. The van der Waals surface area contributed by atoms with Crippen LogP contribution in [0.25, 0.3) is 0 Å². The van der Waals surface area contributed by atoms with Crippen molar-refractivity contribution >= 4 is 22.9 Å². The van der Waals surface area contributed by atoms with Crippen molar-refractivity contribution in [2.45, 2.75) is 25.7 Å². The number of pyridine rings is 1. The van der Waals surface area contributed by atoms with Crippen molar-refractivity contribution < 1.29 is 18.3 Å². The molecule has 1 atom stereocenters. The highest BCUT2D eigenvalue weighted by Crippen LogP contribution is 2.14. The summed E-state index contributed by atoms with van der Waals surface area (Å²) in [5.74, 6) is -0.239. The van der Waals surface area contributed by atoms with E-state index in [-0.39, 0.29) is 5.97 Å². The minimum atomic E-state index is -2.32. The second kappa shape index (κ2) is 8.60. The summed E-state index contributed by atoms with van der Waals surface area (Å²) in [6.07, 6.45) is 5.60. The lowest BCUT2D eigenvalue weighted by molar-refractivity contribution is -0.140. The molecule has 1 rings (SSSR count). The van der Waals surface area contributed by atoms with E-state index in [9.17, 15) is 13.6 Å². The summed E-state index contributed by atoms with van der Waals surface area (Å²) in [4.78, 5) is 14.8. The minimum Gasteiger partial charge on any atom is -0.755 e. The van der Waals surface area contributed by atoms with Gasteiger partial charge in [-0.15, -0.1) is 0 Å². The van der Waals surface area contributed by atoms with Crippen LogP contribution in [-0.2, 0) is 20.8 Å². The van der Waals surface area contributed by atoms with Crippen LogP contribution in [0.2, 0.25) is 0 Å². The van der Waals surface area contributed by atoms with Gasteiger partial charge in [0.1, 0.15) is 0 Å². The van der Waals surface area contributed by atoms with Crippen LogP contribution in [0.15, 0.2) is 24.5 Å². The Morgan fingerprint density at radius 1 is 1.47 bits per heavy atom. The van der Waals surface area contributed by atoms with Crippen molar-refractivity contribution in [2.24, 2.45) is 0 Å². The summed E-state index contributed by atoms with van der Waals surface area (Å²) < 4.78 is 28.1. The van der Waals surface area contributed by atoms with Crippen molar-refractivity contribution in [2.75, 3.05) is 18.0 Å². The van der Waals surface area contributed by atoms with E-state index in [0.29, 0.717) is 31.5 Å². The number of esters is 1. The van der Waals surface area contributed by atoms with Crippen LogP contribution < -0.4 is 4.31 Å². The van der Waals surface area contributed by atoms with Crippen molar-refractivity contribution in [3.05, 3.63) is 24.5 Å². The Kier molecular flexibility index (Phi) is 7.06. The normalized spacial score (nSPS) is 11.9. The monoisotopic (exact) mass is 285 g/mol. The number of hydrogen-bond donors (Lipinski definition) is 0. The summed E-state index contributed by atoms with van der Waals surface area (Å²) >= 11 is -2.32. The molecule has 0 bridgehead atoms. The Balaban J connectivity index is 2.36. The number of anilines is 1.